The second-order valence-corrected chi connectivity index (χ2v) is 4.44. The number of aliphatic hydroxyl groups is 1. The van der Waals surface area contributed by atoms with Crippen LogP contribution in [-0.4, -0.2) is 49.0 Å². The Kier molecular flexibility index (Phi) is 6.22. The van der Waals surface area contributed by atoms with Crippen LogP contribution in [-0.2, 0) is 4.74 Å². The molecular weight excluding hydrogens is 190 g/mol. The highest BCUT2D eigenvalue weighted by Gasteiger charge is 2.25. The molecule has 2 atom stereocenters. The third kappa shape index (κ3) is 4.09. The van der Waals surface area contributed by atoms with E-state index in [1.54, 1.807) is 0 Å². The van der Waals surface area contributed by atoms with Crippen molar-refractivity contribution in [3.05, 3.63) is 0 Å². The molecular formula is C12H25NO2. The van der Waals surface area contributed by atoms with Gasteiger partial charge in [-0.05, 0) is 38.6 Å². The molecule has 1 aliphatic carbocycles. The summed E-state index contributed by atoms with van der Waals surface area (Å²) in [6.07, 6.45) is 6.45. The van der Waals surface area contributed by atoms with Gasteiger partial charge in [0.05, 0.1) is 12.7 Å². The maximum absolute atomic E-state index is 9.04. The predicted octanol–water partition coefficient (Wildman–Crippen LogP) is 1.65. The first-order chi connectivity index (χ1) is 7.31. The van der Waals surface area contributed by atoms with Gasteiger partial charge in [-0.2, -0.15) is 0 Å². The number of rotatable bonds is 6. The van der Waals surface area contributed by atoms with Crippen molar-refractivity contribution in [1.29, 1.82) is 0 Å². The first-order valence-corrected chi connectivity index (χ1v) is 6.19. The second kappa shape index (κ2) is 7.20. The zero-order chi connectivity index (χ0) is 11.1. The first kappa shape index (κ1) is 12.9. The quantitative estimate of drug-likeness (QED) is 0.731. The van der Waals surface area contributed by atoms with Crippen LogP contribution < -0.4 is 0 Å². The molecule has 0 aliphatic heterocycles. The Morgan fingerprint density at radius 1 is 1.33 bits per heavy atom. The van der Waals surface area contributed by atoms with E-state index in [2.05, 4.69) is 11.8 Å². The van der Waals surface area contributed by atoms with Crippen LogP contribution in [0.5, 0.6) is 0 Å². The highest BCUT2D eigenvalue weighted by Crippen LogP contribution is 2.24. The Bertz CT molecular complexity index is 158. The molecule has 0 bridgehead atoms. The van der Waals surface area contributed by atoms with Crippen molar-refractivity contribution in [2.24, 2.45) is 0 Å². The monoisotopic (exact) mass is 215 g/mol. The average molecular weight is 215 g/mol. The smallest absolute Gasteiger partial charge is 0.0586 e. The number of methoxy groups -OCH3 is 1. The molecule has 1 fully saturated rings. The van der Waals surface area contributed by atoms with Crippen LogP contribution in [0.2, 0.25) is 0 Å². The zero-order valence-electron chi connectivity index (χ0n) is 10.1. The van der Waals surface area contributed by atoms with E-state index >= 15 is 0 Å². The molecule has 90 valence electrons. The van der Waals surface area contributed by atoms with E-state index in [-0.39, 0.29) is 6.61 Å². The number of nitrogens with zero attached hydrogens (tertiary/aromatic N) is 1. The molecule has 0 amide bonds. The minimum Gasteiger partial charge on any atom is -0.395 e. The fourth-order valence-corrected chi connectivity index (χ4v) is 2.56. The van der Waals surface area contributed by atoms with Crippen LogP contribution in [0.25, 0.3) is 0 Å². The van der Waals surface area contributed by atoms with Crippen molar-refractivity contribution in [2.45, 2.75) is 51.2 Å². The lowest BCUT2D eigenvalue weighted by Crippen LogP contribution is -2.42. The fourth-order valence-electron chi connectivity index (χ4n) is 2.56. The molecule has 1 N–H and O–H groups in total. The molecule has 0 aromatic heterocycles. The van der Waals surface area contributed by atoms with Gasteiger partial charge in [-0.15, -0.1) is 0 Å². The van der Waals surface area contributed by atoms with Crippen LogP contribution in [0.15, 0.2) is 0 Å². The minimum atomic E-state index is 0.272. The summed E-state index contributed by atoms with van der Waals surface area (Å²) in [7, 11) is 1.81. The van der Waals surface area contributed by atoms with Gasteiger partial charge in [-0.1, -0.05) is 6.92 Å². The Morgan fingerprint density at radius 3 is 2.73 bits per heavy atom. The molecule has 0 radical (unpaired) electrons. The topological polar surface area (TPSA) is 32.7 Å². The summed E-state index contributed by atoms with van der Waals surface area (Å²) in [5.41, 5.74) is 0. The van der Waals surface area contributed by atoms with Crippen molar-refractivity contribution >= 4 is 0 Å². The van der Waals surface area contributed by atoms with Crippen LogP contribution >= 0.6 is 0 Å². The highest BCUT2D eigenvalue weighted by atomic mass is 16.5. The van der Waals surface area contributed by atoms with Gasteiger partial charge >= 0.3 is 0 Å². The Balaban J connectivity index is 2.42. The number of aliphatic hydroxyl groups excluding tert-OH is 1. The summed E-state index contributed by atoms with van der Waals surface area (Å²) in [6.45, 7) is 4.38. The number of hydrogen-bond donors (Lipinski definition) is 1. The van der Waals surface area contributed by atoms with Gasteiger partial charge < -0.3 is 9.84 Å². The lowest BCUT2D eigenvalue weighted by atomic mass is 9.91. The van der Waals surface area contributed by atoms with E-state index < -0.39 is 0 Å². The Morgan fingerprint density at radius 2 is 2.13 bits per heavy atom. The lowest BCUT2D eigenvalue weighted by molar-refractivity contribution is 0.0233. The summed E-state index contributed by atoms with van der Waals surface area (Å²) in [5, 5.41) is 9.04. The summed E-state index contributed by atoms with van der Waals surface area (Å²) in [5.74, 6) is 0. The Hall–Kier alpha value is -0.120. The molecule has 3 nitrogen and oxygen atoms in total. The van der Waals surface area contributed by atoms with Crippen LogP contribution in [0, 0.1) is 0 Å². The summed E-state index contributed by atoms with van der Waals surface area (Å²) < 4.78 is 5.44. The maximum Gasteiger partial charge on any atom is 0.0586 e. The van der Waals surface area contributed by atoms with Gasteiger partial charge in [0.1, 0.15) is 0 Å². The maximum atomic E-state index is 9.04. The summed E-state index contributed by atoms with van der Waals surface area (Å²) in [6, 6.07) is 0.621. The molecule has 3 heteroatoms. The molecule has 1 rings (SSSR count). The first-order valence-electron chi connectivity index (χ1n) is 6.19. The normalized spacial score (nSPS) is 27.2. The van der Waals surface area contributed by atoms with Crippen molar-refractivity contribution < 1.29 is 9.84 Å². The molecule has 1 saturated carbocycles. The van der Waals surface area contributed by atoms with E-state index in [0.717, 1.165) is 25.9 Å². The zero-order valence-corrected chi connectivity index (χ0v) is 10.1. The average Bonchev–Trinajstić information content (AvgIpc) is 2.29. The third-order valence-electron chi connectivity index (χ3n) is 3.35. The van der Waals surface area contributed by atoms with Crippen LogP contribution in [0.3, 0.4) is 0 Å². The molecule has 15 heavy (non-hydrogen) atoms. The van der Waals surface area contributed by atoms with Crippen molar-refractivity contribution in [3.63, 3.8) is 0 Å². The largest absolute Gasteiger partial charge is 0.395 e. The van der Waals surface area contributed by atoms with Gasteiger partial charge in [0.15, 0.2) is 0 Å². The standard InChI is InChI=1S/C12H25NO2/c1-3-7-13(8-9-14)11-5-4-6-12(10-11)15-2/h11-12,14H,3-10H2,1-2H3. The molecule has 0 spiro atoms. The lowest BCUT2D eigenvalue weighted by Gasteiger charge is -2.36. The van der Waals surface area contributed by atoms with Crippen molar-refractivity contribution in [3.8, 4) is 0 Å². The van der Waals surface area contributed by atoms with E-state index in [4.69, 9.17) is 9.84 Å². The van der Waals surface area contributed by atoms with Gasteiger partial charge in [0.25, 0.3) is 0 Å². The van der Waals surface area contributed by atoms with Crippen molar-refractivity contribution in [2.75, 3.05) is 26.8 Å². The van der Waals surface area contributed by atoms with E-state index in [1.165, 1.54) is 19.3 Å². The number of ether oxygens (including phenoxy) is 1. The fraction of sp³-hybridized carbons (Fsp3) is 1.00. The molecule has 0 heterocycles. The summed E-state index contributed by atoms with van der Waals surface area (Å²) in [4.78, 5) is 2.42. The van der Waals surface area contributed by atoms with Gasteiger partial charge in [-0.3, -0.25) is 4.90 Å². The minimum absolute atomic E-state index is 0.272. The Labute approximate surface area is 93.4 Å². The van der Waals surface area contributed by atoms with Gasteiger partial charge in [0, 0.05) is 19.7 Å². The SMILES string of the molecule is CCCN(CCO)C1CCCC(OC)C1. The highest BCUT2D eigenvalue weighted by molar-refractivity contribution is 4.80. The molecule has 0 saturated heterocycles. The summed E-state index contributed by atoms with van der Waals surface area (Å²) >= 11 is 0. The third-order valence-corrected chi connectivity index (χ3v) is 3.35. The van der Waals surface area contributed by atoms with Crippen LogP contribution in [0.4, 0.5) is 0 Å². The van der Waals surface area contributed by atoms with E-state index in [0.29, 0.717) is 12.1 Å². The second-order valence-electron chi connectivity index (χ2n) is 4.44. The van der Waals surface area contributed by atoms with Crippen molar-refractivity contribution in [1.82, 2.24) is 4.90 Å². The van der Waals surface area contributed by atoms with Gasteiger partial charge in [0.2, 0.25) is 0 Å². The molecule has 0 aromatic carbocycles. The van der Waals surface area contributed by atoms with Crippen LogP contribution in [0.1, 0.15) is 39.0 Å². The predicted molar refractivity (Wildman–Crippen MR) is 62.0 cm³/mol. The van der Waals surface area contributed by atoms with Gasteiger partial charge in [-0.25, -0.2) is 0 Å². The van der Waals surface area contributed by atoms with E-state index in [9.17, 15) is 0 Å². The number of hydrogen-bond acceptors (Lipinski definition) is 3. The van der Waals surface area contributed by atoms with E-state index in [1.807, 2.05) is 7.11 Å². The molecule has 2 unspecified atom stereocenters. The molecule has 1 aliphatic rings. The molecule has 0 aromatic rings.